The molecule has 0 saturated heterocycles. The van der Waals surface area contributed by atoms with Gasteiger partial charge in [-0.25, -0.2) is 0 Å². The lowest BCUT2D eigenvalue weighted by Gasteiger charge is -2.68. The molecule has 10 fully saturated rings. The molecule has 10 aliphatic rings. The maximum Gasteiger partial charge on any atom is -0.0256 e. The first kappa shape index (κ1) is 22.0. The normalized spacial score (nSPS) is 52.2. The Kier molecular flexibility index (Phi) is 5.34. The zero-order valence-corrected chi connectivity index (χ0v) is 22.3. The molecule has 8 bridgehead atoms. The second kappa shape index (κ2) is 8.25. The van der Waals surface area contributed by atoms with E-state index in [1.165, 1.54) is 0 Å². The van der Waals surface area contributed by atoms with Crippen LogP contribution >= 0.6 is 0 Å². The molecule has 2 atom stereocenters. The molecule has 0 spiro atoms. The molecule has 10 aliphatic carbocycles. The second-order valence-electron chi connectivity index (χ2n) is 16.4. The SMILES string of the molecule is C1CCC(C(C(C2CCCCC2)C23CC4CC(CC(C4)C2)C3)C23CC4CC(CC(C4)C2)C3)CC1. The van der Waals surface area contributed by atoms with Crippen LogP contribution in [0.3, 0.4) is 0 Å². The molecule has 10 saturated carbocycles. The van der Waals surface area contributed by atoms with Crippen molar-refractivity contribution in [3.05, 3.63) is 0 Å². The van der Waals surface area contributed by atoms with Gasteiger partial charge in [0.15, 0.2) is 0 Å². The molecule has 0 amide bonds. The summed E-state index contributed by atoms with van der Waals surface area (Å²) >= 11 is 0. The Labute approximate surface area is 211 Å². The molecule has 0 heteroatoms. The Morgan fingerprint density at radius 2 is 0.618 bits per heavy atom. The van der Waals surface area contributed by atoms with Crippen molar-refractivity contribution in [1.29, 1.82) is 0 Å². The van der Waals surface area contributed by atoms with Crippen molar-refractivity contribution in [2.75, 3.05) is 0 Å². The molecule has 0 aromatic carbocycles. The quantitative estimate of drug-likeness (QED) is 0.381. The average molecular weight is 463 g/mol. The van der Waals surface area contributed by atoms with Crippen LogP contribution in [0.25, 0.3) is 0 Å². The lowest BCUT2D eigenvalue weighted by molar-refractivity contribution is -0.187. The Hall–Kier alpha value is 0. The van der Waals surface area contributed by atoms with E-state index >= 15 is 0 Å². The average Bonchev–Trinajstić information content (AvgIpc) is 2.81. The third kappa shape index (κ3) is 3.48. The third-order valence-electron chi connectivity index (χ3n) is 14.3. The summed E-state index contributed by atoms with van der Waals surface area (Å²) in [7, 11) is 0. The number of rotatable bonds is 5. The monoisotopic (exact) mass is 462 g/mol. The molecule has 34 heavy (non-hydrogen) atoms. The standard InChI is InChI=1S/C34H54/c1-3-7-29(8-4-1)31(33-17-23-11-24(18-33)13-25(12-23)19-33)32(30-9-5-2-6-10-30)34-20-26-14-27(21-34)16-28(15-26)22-34/h23-32H,1-22H2. The molecule has 0 aromatic heterocycles. The van der Waals surface area contributed by atoms with Crippen molar-refractivity contribution in [2.45, 2.75) is 141 Å². The topological polar surface area (TPSA) is 0 Å². The van der Waals surface area contributed by atoms with Gasteiger partial charge in [-0.15, -0.1) is 0 Å². The maximum absolute atomic E-state index is 1.69. The van der Waals surface area contributed by atoms with Gasteiger partial charge in [-0.1, -0.05) is 64.2 Å². The van der Waals surface area contributed by atoms with Gasteiger partial charge in [-0.05, 0) is 147 Å². The van der Waals surface area contributed by atoms with Gasteiger partial charge in [-0.3, -0.25) is 0 Å². The van der Waals surface area contributed by atoms with Gasteiger partial charge in [0, 0.05) is 0 Å². The molecule has 0 nitrogen and oxygen atoms in total. The van der Waals surface area contributed by atoms with Gasteiger partial charge in [0.2, 0.25) is 0 Å². The summed E-state index contributed by atoms with van der Waals surface area (Å²) in [5.41, 5.74) is 1.59. The molecular formula is C34H54. The summed E-state index contributed by atoms with van der Waals surface area (Å²) < 4.78 is 0. The molecular weight excluding hydrogens is 408 g/mol. The highest BCUT2D eigenvalue weighted by atomic mass is 14.7. The van der Waals surface area contributed by atoms with Crippen LogP contribution in [0, 0.1) is 70.0 Å². The van der Waals surface area contributed by atoms with Crippen molar-refractivity contribution < 1.29 is 0 Å². The molecule has 0 aliphatic heterocycles. The van der Waals surface area contributed by atoms with Gasteiger partial charge in [-0.2, -0.15) is 0 Å². The van der Waals surface area contributed by atoms with Crippen LogP contribution in [0.2, 0.25) is 0 Å². The van der Waals surface area contributed by atoms with Crippen LogP contribution in [0.5, 0.6) is 0 Å². The van der Waals surface area contributed by atoms with E-state index in [9.17, 15) is 0 Å². The Bertz CT molecular complexity index is 613. The van der Waals surface area contributed by atoms with E-state index in [1.807, 2.05) is 0 Å². The number of hydrogen-bond acceptors (Lipinski definition) is 0. The van der Waals surface area contributed by atoms with Crippen LogP contribution in [0.4, 0.5) is 0 Å². The van der Waals surface area contributed by atoms with Gasteiger partial charge >= 0.3 is 0 Å². The van der Waals surface area contributed by atoms with Crippen LogP contribution in [-0.4, -0.2) is 0 Å². The first-order valence-electron chi connectivity index (χ1n) is 16.7. The third-order valence-corrected chi connectivity index (χ3v) is 14.3. The van der Waals surface area contributed by atoms with E-state index in [1.54, 1.807) is 141 Å². The van der Waals surface area contributed by atoms with Crippen LogP contribution in [0.1, 0.15) is 141 Å². The summed E-state index contributed by atoms with van der Waals surface area (Å²) in [6.07, 6.45) is 35.9. The smallest absolute Gasteiger partial charge is 0.0256 e. The number of hydrogen-bond donors (Lipinski definition) is 0. The van der Waals surface area contributed by atoms with Crippen molar-refractivity contribution in [2.24, 2.45) is 70.0 Å². The van der Waals surface area contributed by atoms with Crippen LogP contribution < -0.4 is 0 Å². The maximum atomic E-state index is 1.69. The minimum absolute atomic E-state index is 0.794. The van der Waals surface area contributed by atoms with Crippen LogP contribution in [-0.2, 0) is 0 Å². The van der Waals surface area contributed by atoms with E-state index in [0.717, 1.165) is 70.0 Å². The molecule has 0 radical (unpaired) electrons. The fourth-order valence-electron chi connectivity index (χ4n) is 14.5. The highest BCUT2D eigenvalue weighted by Gasteiger charge is 2.63. The molecule has 0 N–H and O–H groups in total. The van der Waals surface area contributed by atoms with Crippen LogP contribution in [0.15, 0.2) is 0 Å². The lowest BCUT2D eigenvalue weighted by Crippen LogP contribution is -2.60. The van der Waals surface area contributed by atoms with E-state index in [4.69, 9.17) is 0 Å². The predicted octanol–water partition coefficient (Wildman–Crippen LogP) is 9.81. The highest BCUT2D eigenvalue weighted by molar-refractivity contribution is 5.13. The summed E-state index contributed by atoms with van der Waals surface area (Å²) in [5.74, 6) is 11.3. The Morgan fingerprint density at radius 3 is 0.882 bits per heavy atom. The molecule has 190 valence electrons. The first-order valence-corrected chi connectivity index (χ1v) is 16.7. The Morgan fingerprint density at radius 1 is 0.353 bits per heavy atom. The summed E-state index contributed by atoms with van der Waals surface area (Å²) in [5, 5.41) is 0. The molecule has 0 aromatic rings. The zero-order valence-electron chi connectivity index (χ0n) is 22.3. The van der Waals surface area contributed by atoms with Crippen molar-refractivity contribution in [3.8, 4) is 0 Å². The van der Waals surface area contributed by atoms with Crippen molar-refractivity contribution in [1.82, 2.24) is 0 Å². The first-order chi connectivity index (χ1) is 16.7. The predicted molar refractivity (Wildman–Crippen MR) is 141 cm³/mol. The van der Waals surface area contributed by atoms with Gasteiger partial charge in [0.1, 0.15) is 0 Å². The van der Waals surface area contributed by atoms with Crippen molar-refractivity contribution in [3.63, 3.8) is 0 Å². The summed E-state index contributed by atoms with van der Waals surface area (Å²) in [6, 6.07) is 0. The fraction of sp³-hybridized carbons (Fsp3) is 1.00. The highest BCUT2D eigenvalue weighted by Crippen LogP contribution is 2.72. The minimum atomic E-state index is 0.794. The van der Waals surface area contributed by atoms with Gasteiger partial charge < -0.3 is 0 Å². The van der Waals surface area contributed by atoms with Crippen molar-refractivity contribution >= 4 is 0 Å². The minimum Gasteiger partial charge on any atom is -0.0533 e. The second-order valence-corrected chi connectivity index (χ2v) is 16.4. The largest absolute Gasteiger partial charge is 0.0533 e. The summed E-state index contributed by atoms with van der Waals surface area (Å²) in [4.78, 5) is 0. The molecule has 10 rings (SSSR count). The van der Waals surface area contributed by atoms with E-state index in [2.05, 4.69) is 0 Å². The molecule has 2 unspecified atom stereocenters. The van der Waals surface area contributed by atoms with Gasteiger partial charge in [0.25, 0.3) is 0 Å². The molecule has 0 heterocycles. The van der Waals surface area contributed by atoms with E-state index in [0.29, 0.717) is 0 Å². The van der Waals surface area contributed by atoms with E-state index in [-0.39, 0.29) is 0 Å². The van der Waals surface area contributed by atoms with Gasteiger partial charge in [0.05, 0.1) is 0 Å². The zero-order chi connectivity index (χ0) is 22.3. The fourth-order valence-corrected chi connectivity index (χ4v) is 14.5. The van der Waals surface area contributed by atoms with E-state index < -0.39 is 0 Å². The lowest BCUT2D eigenvalue weighted by atomic mass is 9.37. The Balaban J connectivity index is 1.24. The summed E-state index contributed by atoms with van der Waals surface area (Å²) in [6.45, 7) is 0.